The van der Waals surface area contributed by atoms with E-state index in [0.717, 1.165) is 89.5 Å². The number of anilines is 6. The summed E-state index contributed by atoms with van der Waals surface area (Å²) in [4.78, 5) is 4.70. The summed E-state index contributed by atoms with van der Waals surface area (Å²) in [6.07, 6.45) is 0. The van der Waals surface area contributed by atoms with E-state index in [1.54, 1.807) is 0 Å². The molecule has 324 valence electrons. The van der Waals surface area contributed by atoms with Gasteiger partial charge in [0.05, 0.1) is 22.5 Å². The number of furan rings is 1. The summed E-state index contributed by atoms with van der Waals surface area (Å²) < 4.78 is 14.4. The molecule has 1 aromatic heterocycles. The summed E-state index contributed by atoms with van der Waals surface area (Å²) in [6.45, 7) is 0. The maximum atomic E-state index is 7.46. The molecule has 0 saturated carbocycles. The van der Waals surface area contributed by atoms with Gasteiger partial charge in [-0.2, -0.15) is 0 Å². The van der Waals surface area contributed by atoms with E-state index in [9.17, 15) is 0 Å². The maximum absolute atomic E-state index is 7.46. The zero-order valence-corrected chi connectivity index (χ0v) is 37.5. The second-order valence-corrected chi connectivity index (χ2v) is 17.9. The highest BCUT2D eigenvalue weighted by Gasteiger charge is 2.46. The Balaban J connectivity index is 1.05. The number of nitrogens with zero attached hydrogens (tertiary/aromatic N) is 2. The van der Waals surface area contributed by atoms with E-state index in [0.29, 0.717) is 0 Å². The van der Waals surface area contributed by atoms with Crippen LogP contribution in [-0.2, 0) is 5.41 Å². The molecule has 1 aliphatic carbocycles. The van der Waals surface area contributed by atoms with E-state index in [4.69, 9.17) is 9.15 Å². The van der Waals surface area contributed by atoms with E-state index < -0.39 is 5.41 Å². The molecule has 0 N–H and O–H groups in total. The second kappa shape index (κ2) is 15.5. The lowest BCUT2D eigenvalue weighted by Crippen LogP contribution is -2.28. The van der Waals surface area contributed by atoms with Gasteiger partial charge in [-0.15, -0.1) is 0 Å². The molecule has 14 rings (SSSR count). The number of hydrogen-bond acceptors (Lipinski definition) is 4. The highest BCUT2D eigenvalue weighted by Crippen LogP contribution is 2.60. The third-order valence-corrected chi connectivity index (χ3v) is 14.3. The summed E-state index contributed by atoms with van der Waals surface area (Å²) in [5, 5.41) is 4.27. The summed E-state index contributed by atoms with van der Waals surface area (Å²) in [5.74, 6) is 1.57. The van der Waals surface area contributed by atoms with Crippen molar-refractivity contribution in [2.75, 3.05) is 9.80 Å². The smallest absolute Gasteiger partial charge is 0.159 e. The molecule has 0 fully saturated rings. The molecule has 11 aromatic carbocycles. The molecular weight excluding hydrogens is 841 g/mol. The van der Waals surface area contributed by atoms with Crippen molar-refractivity contribution >= 4 is 66.8 Å². The van der Waals surface area contributed by atoms with E-state index in [1.807, 2.05) is 6.07 Å². The van der Waals surface area contributed by atoms with Gasteiger partial charge in [-0.3, -0.25) is 0 Å². The van der Waals surface area contributed by atoms with Crippen LogP contribution in [0.4, 0.5) is 34.1 Å². The van der Waals surface area contributed by atoms with Gasteiger partial charge in [0.2, 0.25) is 0 Å². The van der Waals surface area contributed by atoms with Crippen molar-refractivity contribution in [2.24, 2.45) is 0 Å². The van der Waals surface area contributed by atoms with Crippen LogP contribution in [0.2, 0.25) is 0 Å². The van der Waals surface area contributed by atoms with Gasteiger partial charge in [0, 0.05) is 38.8 Å². The quantitative estimate of drug-likeness (QED) is 0.152. The minimum atomic E-state index is -0.596. The Bertz CT molecular complexity index is 3860. The Kier molecular flexibility index (Phi) is 8.77. The highest BCUT2D eigenvalue weighted by molar-refractivity contribution is 6.14. The fourth-order valence-corrected chi connectivity index (χ4v) is 11.5. The lowest BCUT2D eigenvalue weighted by Gasteiger charge is -2.35. The second-order valence-electron chi connectivity index (χ2n) is 17.9. The van der Waals surface area contributed by atoms with Crippen LogP contribution in [0.5, 0.6) is 11.5 Å². The van der Waals surface area contributed by atoms with Crippen molar-refractivity contribution in [3.05, 3.63) is 277 Å². The topological polar surface area (TPSA) is 28.9 Å². The first-order valence-corrected chi connectivity index (χ1v) is 23.6. The minimum absolute atomic E-state index is 0.596. The number of fused-ring (bicyclic) bond motifs is 8. The molecule has 0 bridgehead atoms. The Morgan fingerprint density at radius 2 is 0.957 bits per heavy atom. The fraction of sp³-hybridized carbons (Fsp3) is 0.0154. The molecule has 0 amide bonds. The molecule has 4 nitrogen and oxygen atoms in total. The highest BCUT2D eigenvalue weighted by atomic mass is 16.5. The summed E-state index contributed by atoms with van der Waals surface area (Å²) in [7, 11) is 0. The van der Waals surface area contributed by atoms with E-state index in [1.165, 1.54) is 33.4 Å². The van der Waals surface area contributed by atoms with Gasteiger partial charge in [-0.1, -0.05) is 188 Å². The Morgan fingerprint density at radius 3 is 1.71 bits per heavy atom. The van der Waals surface area contributed by atoms with Crippen LogP contribution in [0, 0.1) is 0 Å². The van der Waals surface area contributed by atoms with Crippen molar-refractivity contribution in [1.82, 2.24) is 0 Å². The molecule has 69 heavy (non-hydrogen) atoms. The first kappa shape index (κ1) is 39.1. The Labute approximate surface area is 400 Å². The lowest BCUT2D eigenvalue weighted by atomic mass is 9.67. The first-order valence-electron chi connectivity index (χ1n) is 23.6. The third-order valence-electron chi connectivity index (χ3n) is 14.3. The minimum Gasteiger partial charge on any atom is -0.454 e. The van der Waals surface area contributed by atoms with Gasteiger partial charge in [-0.05, 0) is 111 Å². The number of benzene rings is 11. The van der Waals surface area contributed by atoms with Crippen molar-refractivity contribution in [3.8, 4) is 33.8 Å². The molecule has 2 heterocycles. The van der Waals surface area contributed by atoms with Gasteiger partial charge >= 0.3 is 0 Å². The molecule has 2 aliphatic rings. The van der Waals surface area contributed by atoms with Gasteiger partial charge in [0.1, 0.15) is 11.3 Å². The first-order chi connectivity index (χ1) is 34.3. The number of hydrogen-bond donors (Lipinski definition) is 0. The predicted molar refractivity (Wildman–Crippen MR) is 283 cm³/mol. The van der Waals surface area contributed by atoms with E-state index in [2.05, 4.69) is 259 Å². The average Bonchev–Trinajstić information content (AvgIpc) is 3.95. The van der Waals surface area contributed by atoms with Gasteiger partial charge in [-0.25, -0.2) is 0 Å². The number of ether oxygens (including phenoxy) is 1. The standard InChI is InChI=1S/C65H42N2O2/c1-5-21-44(22-6-1)65(45-23-7-2-8-24-45)54-33-15-13-29-49(54)50-40-39-48(42-55(50)65)67(57-35-18-31-52-51-30-14-16-36-59(51)68-63(52)57)58-41-38-43-20-17-32-53-61(43)64(58)69-60-37-19-34-56(62(53)60)66(46-25-9-3-10-26-46)47-27-11-4-12-28-47/h1-42H. The molecule has 1 aliphatic heterocycles. The van der Waals surface area contributed by atoms with Crippen LogP contribution in [0.1, 0.15) is 22.3 Å². The van der Waals surface area contributed by atoms with Gasteiger partial charge in [0.25, 0.3) is 0 Å². The SMILES string of the molecule is c1ccc(N(c2ccccc2)c2cccc3c2-c2cccc4ccc(N(c5ccc6c(c5)C(c5ccccc5)(c5ccccc5)c5ccccc5-6)c5cccc6c5oc5ccccc56)c(c24)O3)cc1. The van der Waals surface area contributed by atoms with Crippen molar-refractivity contribution < 1.29 is 9.15 Å². The van der Waals surface area contributed by atoms with Gasteiger partial charge in [0.15, 0.2) is 11.3 Å². The van der Waals surface area contributed by atoms with Crippen LogP contribution >= 0.6 is 0 Å². The fourth-order valence-electron chi connectivity index (χ4n) is 11.5. The van der Waals surface area contributed by atoms with Crippen molar-refractivity contribution in [2.45, 2.75) is 5.41 Å². The largest absolute Gasteiger partial charge is 0.454 e. The Hall–Kier alpha value is -9.12. The molecular formula is C65H42N2O2. The molecule has 0 radical (unpaired) electrons. The number of para-hydroxylation sites is 4. The lowest BCUT2D eigenvalue weighted by molar-refractivity contribution is 0.488. The third kappa shape index (κ3) is 5.82. The summed E-state index contributed by atoms with van der Waals surface area (Å²) in [6, 6.07) is 91.4. The molecule has 0 atom stereocenters. The predicted octanol–water partition coefficient (Wildman–Crippen LogP) is 17.8. The zero-order valence-electron chi connectivity index (χ0n) is 37.5. The molecule has 4 heteroatoms. The van der Waals surface area contributed by atoms with Crippen molar-refractivity contribution in [1.29, 1.82) is 0 Å². The average molecular weight is 883 g/mol. The van der Waals surface area contributed by atoms with E-state index >= 15 is 0 Å². The molecule has 12 aromatic rings. The van der Waals surface area contributed by atoms with Crippen LogP contribution in [0.15, 0.2) is 259 Å². The maximum Gasteiger partial charge on any atom is 0.159 e. The van der Waals surface area contributed by atoms with Crippen molar-refractivity contribution in [3.63, 3.8) is 0 Å². The van der Waals surface area contributed by atoms with Crippen LogP contribution in [-0.4, -0.2) is 0 Å². The van der Waals surface area contributed by atoms with Crippen LogP contribution in [0.25, 0.3) is 55.0 Å². The van der Waals surface area contributed by atoms with Gasteiger partial charge < -0.3 is 19.0 Å². The van der Waals surface area contributed by atoms with Crippen LogP contribution in [0.3, 0.4) is 0 Å². The molecule has 0 saturated heterocycles. The molecule has 0 unspecified atom stereocenters. The summed E-state index contributed by atoms with van der Waals surface area (Å²) >= 11 is 0. The molecule has 0 spiro atoms. The van der Waals surface area contributed by atoms with E-state index in [-0.39, 0.29) is 0 Å². The zero-order chi connectivity index (χ0) is 45.5. The number of rotatable bonds is 8. The normalized spacial score (nSPS) is 12.9. The van der Waals surface area contributed by atoms with Crippen LogP contribution < -0.4 is 14.5 Å². The summed E-state index contributed by atoms with van der Waals surface area (Å²) in [5.41, 5.74) is 16.5. The Morgan fingerprint density at radius 1 is 0.362 bits per heavy atom. The monoisotopic (exact) mass is 882 g/mol.